The maximum absolute atomic E-state index is 11.7. The SMILES string of the molecule is C=C/C(C(=O)OC)=C1\CCCC1(C)CC(=O)[C]C. The molecule has 0 bridgehead atoms. The highest BCUT2D eigenvalue weighted by Crippen LogP contribution is 2.47. The summed E-state index contributed by atoms with van der Waals surface area (Å²) in [6, 6.07) is 0. The van der Waals surface area contributed by atoms with Gasteiger partial charge in [0, 0.05) is 6.42 Å². The molecule has 18 heavy (non-hydrogen) atoms. The van der Waals surface area contributed by atoms with Crippen LogP contribution in [0.3, 0.4) is 0 Å². The first kappa shape index (κ1) is 14.7. The summed E-state index contributed by atoms with van der Waals surface area (Å²) in [4.78, 5) is 23.3. The highest BCUT2D eigenvalue weighted by atomic mass is 16.5. The van der Waals surface area contributed by atoms with E-state index in [-0.39, 0.29) is 17.2 Å². The first-order chi connectivity index (χ1) is 8.48. The summed E-state index contributed by atoms with van der Waals surface area (Å²) in [5.74, 6) is -0.379. The summed E-state index contributed by atoms with van der Waals surface area (Å²) in [5, 5.41) is 0. The van der Waals surface area contributed by atoms with Crippen LogP contribution in [-0.2, 0) is 14.3 Å². The van der Waals surface area contributed by atoms with Crippen LogP contribution in [0.2, 0.25) is 0 Å². The number of carbonyl (C=O) groups is 2. The van der Waals surface area contributed by atoms with E-state index in [1.165, 1.54) is 13.2 Å². The zero-order valence-electron chi connectivity index (χ0n) is 11.3. The first-order valence-corrected chi connectivity index (χ1v) is 6.13. The van der Waals surface area contributed by atoms with Crippen molar-refractivity contribution in [3.05, 3.63) is 30.2 Å². The van der Waals surface area contributed by atoms with Crippen LogP contribution in [0, 0.1) is 11.8 Å². The number of ketones is 1. The van der Waals surface area contributed by atoms with Gasteiger partial charge in [-0.1, -0.05) is 26.5 Å². The normalized spacial score (nSPS) is 25.7. The lowest BCUT2D eigenvalue weighted by Gasteiger charge is -2.26. The summed E-state index contributed by atoms with van der Waals surface area (Å²) < 4.78 is 4.77. The molecule has 0 aliphatic heterocycles. The Bertz CT molecular complexity index is 393. The van der Waals surface area contributed by atoms with Crippen LogP contribution >= 0.6 is 0 Å². The number of carbonyl (C=O) groups excluding carboxylic acids is 2. The second-order valence-corrected chi connectivity index (χ2v) is 4.85. The molecule has 0 saturated heterocycles. The fourth-order valence-corrected chi connectivity index (χ4v) is 2.65. The maximum Gasteiger partial charge on any atom is 0.337 e. The van der Waals surface area contributed by atoms with E-state index in [1.54, 1.807) is 6.92 Å². The van der Waals surface area contributed by atoms with E-state index in [9.17, 15) is 9.59 Å². The summed E-state index contributed by atoms with van der Waals surface area (Å²) >= 11 is 0. The Balaban J connectivity index is 3.12. The molecule has 0 aromatic heterocycles. The van der Waals surface area contributed by atoms with Crippen molar-refractivity contribution in [3.8, 4) is 0 Å². The third kappa shape index (κ3) is 2.89. The Labute approximate surface area is 109 Å². The number of esters is 1. The molecule has 1 fully saturated rings. The van der Waals surface area contributed by atoms with Gasteiger partial charge in [0.1, 0.15) is 5.78 Å². The smallest absolute Gasteiger partial charge is 0.337 e. The van der Waals surface area contributed by atoms with Crippen molar-refractivity contribution in [1.29, 1.82) is 0 Å². The Morgan fingerprint density at radius 1 is 1.56 bits per heavy atom. The Morgan fingerprint density at radius 3 is 2.72 bits per heavy atom. The van der Waals surface area contributed by atoms with Crippen molar-refractivity contribution in [2.75, 3.05) is 7.11 Å². The molecule has 0 amide bonds. The van der Waals surface area contributed by atoms with Gasteiger partial charge in [0.15, 0.2) is 0 Å². The van der Waals surface area contributed by atoms with E-state index in [0.717, 1.165) is 24.8 Å². The van der Waals surface area contributed by atoms with Gasteiger partial charge in [-0.05, 0) is 30.3 Å². The summed E-state index contributed by atoms with van der Waals surface area (Å²) in [5.41, 5.74) is 1.24. The Kier molecular flexibility index (Phi) is 4.88. The van der Waals surface area contributed by atoms with Gasteiger partial charge >= 0.3 is 5.97 Å². The number of rotatable bonds is 5. The molecule has 1 atom stereocenters. The van der Waals surface area contributed by atoms with Gasteiger partial charge in [0.25, 0.3) is 0 Å². The number of hydrogen-bond acceptors (Lipinski definition) is 3. The van der Waals surface area contributed by atoms with Crippen molar-refractivity contribution in [1.82, 2.24) is 0 Å². The van der Waals surface area contributed by atoms with E-state index >= 15 is 0 Å². The van der Waals surface area contributed by atoms with E-state index < -0.39 is 0 Å². The molecular weight excluding hydrogens is 228 g/mol. The fraction of sp³-hybridized carbons (Fsp3) is 0.533. The lowest BCUT2D eigenvalue weighted by molar-refractivity contribution is -0.135. The molecule has 3 nitrogen and oxygen atoms in total. The van der Waals surface area contributed by atoms with Crippen LogP contribution < -0.4 is 0 Å². The lowest BCUT2D eigenvalue weighted by atomic mass is 9.77. The van der Waals surface area contributed by atoms with Crippen molar-refractivity contribution in [3.63, 3.8) is 0 Å². The lowest BCUT2D eigenvalue weighted by Crippen LogP contribution is -2.22. The highest BCUT2D eigenvalue weighted by Gasteiger charge is 2.38. The molecule has 1 rings (SSSR count). The van der Waals surface area contributed by atoms with Crippen LogP contribution in [0.15, 0.2) is 23.8 Å². The Hall–Kier alpha value is -1.38. The van der Waals surface area contributed by atoms with Gasteiger partial charge in [0.05, 0.1) is 19.1 Å². The molecule has 1 aliphatic carbocycles. The molecule has 0 heterocycles. The molecular formula is C15H20O3. The summed E-state index contributed by atoms with van der Waals surface area (Å²) in [7, 11) is 1.36. The van der Waals surface area contributed by atoms with E-state index in [0.29, 0.717) is 12.0 Å². The minimum atomic E-state index is -0.370. The topological polar surface area (TPSA) is 43.4 Å². The molecule has 2 radical (unpaired) electrons. The molecule has 0 aromatic rings. The average Bonchev–Trinajstić information content (AvgIpc) is 2.71. The molecule has 98 valence electrons. The van der Waals surface area contributed by atoms with Gasteiger partial charge in [0.2, 0.25) is 0 Å². The average molecular weight is 248 g/mol. The van der Waals surface area contributed by atoms with Gasteiger partial charge in [-0.25, -0.2) is 4.79 Å². The molecule has 0 spiro atoms. The predicted octanol–water partition coefficient (Wildman–Crippen LogP) is 2.89. The number of allylic oxidation sites excluding steroid dienone is 1. The van der Waals surface area contributed by atoms with Crippen molar-refractivity contribution in [2.45, 2.75) is 39.5 Å². The standard InChI is InChI=1S/C15H20O3/c1-5-11(16)10-15(3)9-7-8-13(15)12(6-2)14(17)18-4/h6H,2,7-10H2,1,3-4H3/b13-12-. The van der Waals surface area contributed by atoms with Gasteiger partial charge in [-0.15, -0.1) is 0 Å². The Morgan fingerprint density at radius 2 is 2.22 bits per heavy atom. The zero-order valence-corrected chi connectivity index (χ0v) is 11.3. The van der Waals surface area contributed by atoms with Crippen LogP contribution in [-0.4, -0.2) is 18.9 Å². The van der Waals surface area contributed by atoms with Crippen molar-refractivity contribution in [2.24, 2.45) is 5.41 Å². The van der Waals surface area contributed by atoms with Crippen LogP contribution in [0.5, 0.6) is 0 Å². The van der Waals surface area contributed by atoms with Gasteiger partial charge in [-0.2, -0.15) is 0 Å². The van der Waals surface area contributed by atoms with Crippen LogP contribution in [0.1, 0.15) is 39.5 Å². The predicted molar refractivity (Wildman–Crippen MR) is 69.7 cm³/mol. The number of methoxy groups -OCH3 is 1. The monoisotopic (exact) mass is 248 g/mol. The molecule has 3 heteroatoms. The van der Waals surface area contributed by atoms with E-state index in [4.69, 9.17) is 4.74 Å². The summed E-state index contributed by atoms with van der Waals surface area (Å²) in [6.45, 7) is 7.33. The third-order valence-electron chi connectivity index (χ3n) is 3.65. The maximum atomic E-state index is 11.7. The largest absolute Gasteiger partial charge is 0.465 e. The summed E-state index contributed by atoms with van der Waals surface area (Å²) in [6.07, 6.45) is 7.28. The molecule has 0 N–H and O–H groups in total. The van der Waals surface area contributed by atoms with E-state index in [1.807, 2.05) is 6.92 Å². The van der Waals surface area contributed by atoms with Crippen LogP contribution in [0.4, 0.5) is 0 Å². The zero-order chi connectivity index (χ0) is 13.8. The van der Waals surface area contributed by atoms with Crippen molar-refractivity contribution < 1.29 is 14.3 Å². The molecule has 1 saturated carbocycles. The second kappa shape index (κ2) is 5.98. The molecule has 0 aromatic carbocycles. The minimum Gasteiger partial charge on any atom is -0.465 e. The molecule has 1 aliphatic rings. The first-order valence-electron chi connectivity index (χ1n) is 6.13. The molecule has 1 unspecified atom stereocenters. The fourth-order valence-electron chi connectivity index (χ4n) is 2.65. The number of hydrogen-bond donors (Lipinski definition) is 0. The highest BCUT2D eigenvalue weighted by molar-refractivity contribution is 5.93. The number of Topliss-reactive ketones (excluding diaryl/α,β-unsaturated/α-hetero) is 1. The van der Waals surface area contributed by atoms with E-state index in [2.05, 4.69) is 13.0 Å². The minimum absolute atomic E-state index is 0.00909. The van der Waals surface area contributed by atoms with Gasteiger partial charge in [-0.3, -0.25) is 4.79 Å². The van der Waals surface area contributed by atoms with Crippen molar-refractivity contribution >= 4 is 11.8 Å². The second-order valence-electron chi connectivity index (χ2n) is 4.85. The number of ether oxygens (including phenoxy) is 1. The quantitative estimate of drug-likeness (QED) is 0.555. The van der Waals surface area contributed by atoms with Crippen LogP contribution in [0.25, 0.3) is 0 Å². The van der Waals surface area contributed by atoms with Gasteiger partial charge < -0.3 is 4.74 Å². The third-order valence-corrected chi connectivity index (χ3v) is 3.65.